The fraction of sp³-hybridized carbons (Fsp3) is 1.00. The summed E-state index contributed by atoms with van der Waals surface area (Å²) in [5, 5.41) is 0. The highest BCUT2D eigenvalue weighted by molar-refractivity contribution is 7.48. The van der Waals surface area contributed by atoms with Crippen LogP contribution < -0.4 is 0 Å². The van der Waals surface area contributed by atoms with Gasteiger partial charge in [-0.2, -0.15) is 0 Å². The van der Waals surface area contributed by atoms with Crippen molar-refractivity contribution in [3.05, 3.63) is 0 Å². The van der Waals surface area contributed by atoms with Gasteiger partial charge in [0.2, 0.25) is 0 Å². The fourth-order valence-corrected chi connectivity index (χ4v) is 2.22. The van der Waals surface area contributed by atoms with E-state index in [1.54, 1.807) is 0 Å². The zero-order valence-corrected chi connectivity index (χ0v) is 8.54. The number of hydrogen-bond donors (Lipinski definition) is 0. The van der Waals surface area contributed by atoms with E-state index < -0.39 is 13.3 Å². The Bertz CT molecular complexity index is 195. The Labute approximate surface area is 79.8 Å². The molecule has 0 atom stereocenters. The van der Waals surface area contributed by atoms with E-state index in [1.165, 1.54) is 0 Å². The normalized spacial score (nSPS) is 26.9. The van der Waals surface area contributed by atoms with Crippen molar-refractivity contribution in [3.8, 4) is 0 Å². The smallest absolute Gasteiger partial charge is 0.283 e. The second kappa shape index (κ2) is 3.81. The Morgan fingerprint density at radius 2 is 1.75 bits per heavy atom. The molecule has 1 aliphatic heterocycles. The topological polar surface area (TPSA) is 35.5 Å². The first kappa shape index (κ1) is 10.7. The summed E-state index contributed by atoms with van der Waals surface area (Å²) in [4.78, 5) is 0. The molecule has 7 heteroatoms. The van der Waals surface area contributed by atoms with Crippen LogP contribution in [0, 0.1) is 5.41 Å². The Kier molecular flexibility index (Phi) is 3.41. The monoisotopic (exact) mass is 236 g/mol. The molecule has 3 nitrogen and oxygen atoms in total. The van der Waals surface area contributed by atoms with Crippen molar-refractivity contribution in [2.24, 2.45) is 5.41 Å². The lowest BCUT2D eigenvalue weighted by Gasteiger charge is -2.33. The Hall–Kier alpha value is 0.660. The number of halogens is 3. The summed E-state index contributed by atoms with van der Waals surface area (Å²) in [6, 6.07) is 0. The number of hydrogen-bond acceptors (Lipinski definition) is 3. The number of alkyl halides is 2. The molecule has 0 aliphatic carbocycles. The molecule has 12 heavy (non-hydrogen) atoms. The lowest BCUT2D eigenvalue weighted by Crippen LogP contribution is -2.38. The van der Waals surface area contributed by atoms with Crippen LogP contribution in [0.3, 0.4) is 0 Å². The van der Waals surface area contributed by atoms with Gasteiger partial charge in [-0.15, -0.1) is 27.4 Å². The standard InChI is InChI=1S/C5H8Cl2FO3P/c6-1-5(2-7)3-10-12(8,9)11-4-5/h1-4H2. The fourth-order valence-electron chi connectivity index (χ4n) is 0.697. The van der Waals surface area contributed by atoms with Gasteiger partial charge in [-0.3, -0.25) is 9.05 Å². The van der Waals surface area contributed by atoms with Crippen LogP contribution in [0.25, 0.3) is 0 Å². The quantitative estimate of drug-likeness (QED) is 0.546. The highest BCUT2D eigenvalue weighted by atomic mass is 35.5. The van der Waals surface area contributed by atoms with Crippen LogP contribution in [0.15, 0.2) is 0 Å². The van der Waals surface area contributed by atoms with Crippen molar-refractivity contribution in [1.82, 2.24) is 0 Å². The minimum Gasteiger partial charge on any atom is -0.283 e. The first-order valence-corrected chi connectivity index (χ1v) is 5.75. The van der Waals surface area contributed by atoms with Crippen molar-refractivity contribution < 1.29 is 17.8 Å². The predicted octanol–water partition coefficient (Wildman–Crippen LogP) is 2.57. The lowest BCUT2D eigenvalue weighted by atomic mass is 9.96. The van der Waals surface area contributed by atoms with E-state index in [0.29, 0.717) is 0 Å². The molecule has 72 valence electrons. The van der Waals surface area contributed by atoms with Gasteiger partial charge in [0.25, 0.3) is 0 Å². The van der Waals surface area contributed by atoms with E-state index in [1.807, 2.05) is 0 Å². The molecular weight excluding hydrogens is 229 g/mol. The Morgan fingerprint density at radius 1 is 1.33 bits per heavy atom. The van der Waals surface area contributed by atoms with Crippen LogP contribution in [-0.4, -0.2) is 25.0 Å². The van der Waals surface area contributed by atoms with Crippen molar-refractivity contribution in [1.29, 1.82) is 0 Å². The van der Waals surface area contributed by atoms with Gasteiger partial charge in [0.05, 0.1) is 13.2 Å². The molecule has 1 saturated heterocycles. The second-order valence-electron chi connectivity index (χ2n) is 2.74. The third-order valence-electron chi connectivity index (χ3n) is 1.62. The maximum atomic E-state index is 12.5. The Balaban J connectivity index is 2.59. The molecular formula is C5H8Cl2FO3P. The minimum absolute atomic E-state index is 0.0617. The average molecular weight is 237 g/mol. The van der Waals surface area contributed by atoms with Crippen LogP contribution >= 0.6 is 31.1 Å². The van der Waals surface area contributed by atoms with Gasteiger partial charge in [0.15, 0.2) is 0 Å². The van der Waals surface area contributed by atoms with E-state index in [9.17, 15) is 8.76 Å². The summed E-state index contributed by atoms with van der Waals surface area (Å²) >= 11 is 11.1. The minimum atomic E-state index is -4.31. The highest BCUT2D eigenvalue weighted by Gasteiger charge is 2.41. The first-order valence-electron chi connectivity index (χ1n) is 3.24. The van der Waals surface area contributed by atoms with Crippen LogP contribution in [0.4, 0.5) is 4.20 Å². The predicted molar refractivity (Wildman–Crippen MR) is 44.5 cm³/mol. The van der Waals surface area contributed by atoms with Crippen LogP contribution in [0.1, 0.15) is 0 Å². The molecule has 1 aliphatic rings. The first-order chi connectivity index (χ1) is 5.54. The zero-order chi connectivity index (χ0) is 9.24. The lowest BCUT2D eigenvalue weighted by molar-refractivity contribution is 0.0305. The van der Waals surface area contributed by atoms with Crippen molar-refractivity contribution in [2.75, 3.05) is 25.0 Å². The van der Waals surface area contributed by atoms with Crippen molar-refractivity contribution >= 4 is 31.1 Å². The van der Waals surface area contributed by atoms with Gasteiger partial charge in [0, 0.05) is 17.2 Å². The van der Waals surface area contributed by atoms with Gasteiger partial charge in [-0.1, -0.05) is 0 Å². The maximum Gasteiger partial charge on any atom is 0.513 e. The molecule has 0 N–H and O–H groups in total. The maximum absolute atomic E-state index is 12.5. The van der Waals surface area contributed by atoms with E-state index in [0.717, 1.165) is 0 Å². The SMILES string of the molecule is O=P1(F)OCC(CCl)(CCl)CO1. The molecule has 0 spiro atoms. The molecule has 0 aromatic carbocycles. The van der Waals surface area contributed by atoms with Gasteiger partial charge in [-0.05, 0) is 0 Å². The van der Waals surface area contributed by atoms with E-state index in [4.69, 9.17) is 23.2 Å². The molecule has 1 rings (SSSR count). The van der Waals surface area contributed by atoms with E-state index in [-0.39, 0.29) is 25.0 Å². The molecule has 1 heterocycles. The zero-order valence-electron chi connectivity index (χ0n) is 6.13. The summed E-state index contributed by atoms with van der Waals surface area (Å²) in [5.41, 5.74) is -0.608. The summed E-state index contributed by atoms with van der Waals surface area (Å²) in [7, 11) is -4.31. The third kappa shape index (κ3) is 2.33. The van der Waals surface area contributed by atoms with E-state index >= 15 is 0 Å². The van der Waals surface area contributed by atoms with Crippen molar-refractivity contribution in [2.45, 2.75) is 0 Å². The van der Waals surface area contributed by atoms with Gasteiger partial charge in [-0.25, -0.2) is 4.57 Å². The van der Waals surface area contributed by atoms with Gasteiger partial charge < -0.3 is 0 Å². The third-order valence-corrected chi connectivity index (χ3v) is 3.63. The molecule has 1 fully saturated rings. The summed E-state index contributed by atoms with van der Waals surface area (Å²) in [6.45, 7) is -0.123. The largest absolute Gasteiger partial charge is 0.513 e. The van der Waals surface area contributed by atoms with Crippen LogP contribution in [0.5, 0.6) is 0 Å². The molecule has 0 radical (unpaired) electrons. The number of rotatable bonds is 2. The highest BCUT2D eigenvalue weighted by Crippen LogP contribution is 2.55. The van der Waals surface area contributed by atoms with Crippen LogP contribution in [-0.2, 0) is 13.6 Å². The average Bonchev–Trinajstić information content (AvgIpc) is 2.06. The van der Waals surface area contributed by atoms with E-state index in [2.05, 4.69) is 9.05 Å². The molecule has 0 aromatic rings. The summed E-state index contributed by atoms with van der Waals surface area (Å²) in [6.07, 6.45) is 0. The molecule has 0 bridgehead atoms. The van der Waals surface area contributed by atoms with Gasteiger partial charge in [0.1, 0.15) is 0 Å². The molecule has 0 saturated carbocycles. The second-order valence-corrected chi connectivity index (χ2v) is 4.66. The van der Waals surface area contributed by atoms with Crippen molar-refractivity contribution in [3.63, 3.8) is 0 Å². The molecule has 0 amide bonds. The molecule has 0 aromatic heterocycles. The summed E-state index contributed by atoms with van der Waals surface area (Å²) in [5.74, 6) is 0.382. The summed E-state index contributed by atoms with van der Waals surface area (Å²) < 4.78 is 31.8. The Morgan fingerprint density at radius 3 is 2.08 bits per heavy atom. The van der Waals surface area contributed by atoms with Crippen LogP contribution in [0.2, 0.25) is 0 Å². The molecule has 0 unspecified atom stereocenters. The van der Waals surface area contributed by atoms with Gasteiger partial charge >= 0.3 is 7.91 Å².